The molecule has 100 valence electrons. The predicted octanol–water partition coefficient (Wildman–Crippen LogP) is 0.684. The van der Waals surface area contributed by atoms with Crippen LogP contribution in [0.15, 0.2) is 17.1 Å². The van der Waals surface area contributed by atoms with E-state index in [0.717, 1.165) is 6.20 Å². The normalized spacial score (nSPS) is 30.6. The summed E-state index contributed by atoms with van der Waals surface area (Å²) < 4.78 is 33.2. The van der Waals surface area contributed by atoms with Crippen molar-refractivity contribution in [3.63, 3.8) is 0 Å². The lowest BCUT2D eigenvalue weighted by molar-refractivity contribution is -0.140. The minimum Gasteiger partial charge on any atom is -0.384 e. The van der Waals surface area contributed by atoms with Gasteiger partial charge < -0.3 is 9.84 Å². The van der Waals surface area contributed by atoms with Crippen LogP contribution in [0.25, 0.3) is 0 Å². The molecule has 1 saturated heterocycles. The summed E-state index contributed by atoms with van der Waals surface area (Å²) in [6.45, 7) is 1.57. The minimum atomic E-state index is -3.60. The Kier molecular flexibility index (Phi) is 3.39. The van der Waals surface area contributed by atoms with Gasteiger partial charge in [0.2, 0.25) is 6.23 Å². The van der Waals surface area contributed by atoms with Gasteiger partial charge in [-0.1, -0.05) is 0 Å². The Morgan fingerprint density at radius 2 is 2.33 bits per heavy atom. The van der Waals surface area contributed by atoms with Crippen molar-refractivity contribution in [1.29, 1.82) is 0 Å². The fourth-order valence-electron chi connectivity index (χ4n) is 1.77. The molecule has 0 saturated carbocycles. The number of aliphatic hydroxyl groups excluding tert-OH is 1. The largest absolute Gasteiger partial charge is 0.384 e. The van der Waals surface area contributed by atoms with Crippen molar-refractivity contribution in [3.8, 4) is 0 Å². The van der Waals surface area contributed by atoms with Crippen LogP contribution in [0, 0.1) is 6.92 Å². The van der Waals surface area contributed by atoms with Gasteiger partial charge in [0.25, 0.3) is 0 Å². The highest BCUT2D eigenvalue weighted by atomic mass is 35.5. The number of aryl methyl sites for hydroxylation is 1. The summed E-state index contributed by atoms with van der Waals surface area (Å²) in [6.07, 6.45) is -4.00. The third-order valence-corrected chi connectivity index (χ3v) is 3.06. The molecule has 1 aliphatic rings. The first kappa shape index (κ1) is 13.4. The zero-order valence-corrected chi connectivity index (χ0v) is 10.1. The molecule has 0 radical (unpaired) electrons. The van der Waals surface area contributed by atoms with Gasteiger partial charge in [-0.3, -0.25) is 4.57 Å². The first-order chi connectivity index (χ1) is 8.37. The zero-order valence-electron chi connectivity index (χ0n) is 9.39. The average molecular weight is 281 g/mol. The van der Waals surface area contributed by atoms with Crippen LogP contribution in [0.5, 0.6) is 0 Å². The molecule has 0 aliphatic carbocycles. The van der Waals surface area contributed by atoms with E-state index in [1.807, 2.05) is 0 Å². The smallest absolute Gasteiger partial charge is 0.350 e. The van der Waals surface area contributed by atoms with E-state index in [4.69, 9.17) is 16.3 Å². The SMILES string of the molecule is Cc1ccn([C@@H]2O[C@H](CCl)[C@@H](O)C2(F)F)c(=O)n1. The van der Waals surface area contributed by atoms with E-state index in [2.05, 4.69) is 4.98 Å². The molecule has 8 heteroatoms. The van der Waals surface area contributed by atoms with Crippen molar-refractivity contribution >= 4 is 11.6 Å². The molecule has 18 heavy (non-hydrogen) atoms. The molecule has 1 N–H and O–H groups in total. The number of hydrogen-bond acceptors (Lipinski definition) is 4. The number of halogens is 3. The third-order valence-electron chi connectivity index (χ3n) is 2.75. The Labute approximate surface area is 106 Å². The summed E-state index contributed by atoms with van der Waals surface area (Å²) in [5, 5.41) is 9.40. The van der Waals surface area contributed by atoms with Crippen molar-refractivity contribution in [1.82, 2.24) is 9.55 Å². The predicted molar refractivity (Wildman–Crippen MR) is 58.8 cm³/mol. The monoisotopic (exact) mass is 280 g/mol. The van der Waals surface area contributed by atoms with Gasteiger partial charge in [-0.2, -0.15) is 13.8 Å². The lowest BCUT2D eigenvalue weighted by Crippen LogP contribution is -2.41. The molecule has 0 amide bonds. The number of rotatable bonds is 2. The van der Waals surface area contributed by atoms with E-state index in [-0.39, 0.29) is 5.88 Å². The molecule has 3 atom stereocenters. The van der Waals surface area contributed by atoms with E-state index >= 15 is 0 Å². The molecule has 2 heterocycles. The fraction of sp³-hybridized carbons (Fsp3) is 0.600. The maximum atomic E-state index is 13.8. The molecule has 0 spiro atoms. The van der Waals surface area contributed by atoms with Gasteiger partial charge in [-0.05, 0) is 13.0 Å². The van der Waals surface area contributed by atoms with Crippen LogP contribution in [-0.2, 0) is 4.74 Å². The van der Waals surface area contributed by atoms with E-state index in [1.165, 1.54) is 6.07 Å². The maximum Gasteiger partial charge on any atom is 0.350 e. The second kappa shape index (κ2) is 4.56. The minimum absolute atomic E-state index is 0.290. The summed E-state index contributed by atoms with van der Waals surface area (Å²) in [5.41, 5.74) is -0.450. The van der Waals surface area contributed by atoms with Crippen LogP contribution in [0.1, 0.15) is 11.9 Å². The first-order valence-corrected chi connectivity index (χ1v) is 5.74. The van der Waals surface area contributed by atoms with Crippen molar-refractivity contribution in [2.45, 2.75) is 31.3 Å². The van der Waals surface area contributed by atoms with Gasteiger partial charge in [-0.25, -0.2) is 4.79 Å². The molecule has 1 aromatic rings. The van der Waals surface area contributed by atoms with Crippen LogP contribution in [0.4, 0.5) is 8.78 Å². The summed E-state index contributed by atoms with van der Waals surface area (Å²) in [6, 6.07) is 1.40. The lowest BCUT2D eigenvalue weighted by atomic mass is 10.1. The van der Waals surface area contributed by atoms with Crippen LogP contribution in [0.2, 0.25) is 0 Å². The molecule has 0 unspecified atom stereocenters. The van der Waals surface area contributed by atoms with Gasteiger partial charge >= 0.3 is 11.6 Å². The number of nitrogens with zero attached hydrogens (tertiary/aromatic N) is 2. The maximum absolute atomic E-state index is 13.8. The standard InChI is InChI=1S/C10H11ClF2N2O3/c1-5-2-3-15(9(17)14-5)8-10(12,13)7(16)6(4-11)18-8/h2-3,6-8,16H,4H2,1H3/t6-,7-,8-/m1/s1. The first-order valence-electron chi connectivity index (χ1n) is 5.21. The number of ether oxygens (including phenoxy) is 1. The highest BCUT2D eigenvalue weighted by molar-refractivity contribution is 6.18. The lowest BCUT2D eigenvalue weighted by Gasteiger charge is -2.20. The van der Waals surface area contributed by atoms with Crippen LogP contribution in [0.3, 0.4) is 0 Å². The van der Waals surface area contributed by atoms with Gasteiger partial charge in [0.1, 0.15) is 12.2 Å². The molecule has 2 rings (SSSR count). The average Bonchev–Trinajstić information content (AvgIpc) is 2.52. The summed E-state index contributed by atoms with van der Waals surface area (Å²) >= 11 is 5.43. The molecule has 1 fully saturated rings. The van der Waals surface area contributed by atoms with E-state index < -0.39 is 30.0 Å². The number of aromatic nitrogens is 2. The number of hydrogen-bond donors (Lipinski definition) is 1. The van der Waals surface area contributed by atoms with Crippen LogP contribution >= 0.6 is 11.6 Å². The zero-order chi connectivity index (χ0) is 13.5. The highest BCUT2D eigenvalue weighted by Gasteiger charge is 2.59. The Balaban J connectivity index is 2.42. The quantitative estimate of drug-likeness (QED) is 0.810. The summed E-state index contributed by atoms with van der Waals surface area (Å²) in [5.74, 6) is -3.89. The Bertz CT molecular complexity index is 508. The van der Waals surface area contributed by atoms with E-state index in [1.54, 1.807) is 6.92 Å². The van der Waals surface area contributed by atoms with Crippen LogP contribution < -0.4 is 5.69 Å². The van der Waals surface area contributed by atoms with Gasteiger partial charge in [0, 0.05) is 11.9 Å². The molecule has 5 nitrogen and oxygen atoms in total. The second-order valence-corrected chi connectivity index (χ2v) is 4.37. The van der Waals surface area contributed by atoms with Crippen molar-refractivity contribution in [3.05, 3.63) is 28.4 Å². The van der Waals surface area contributed by atoms with E-state index in [0.29, 0.717) is 10.3 Å². The highest BCUT2D eigenvalue weighted by Crippen LogP contribution is 2.42. The van der Waals surface area contributed by atoms with Gasteiger partial charge in [-0.15, -0.1) is 11.6 Å². The Morgan fingerprint density at radius 1 is 1.67 bits per heavy atom. The molecule has 1 aromatic heterocycles. The van der Waals surface area contributed by atoms with Gasteiger partial charge in [0.05, 0.1) is 5.88 Å². The molecule has 0 aromatic carbocycles. The molecular formula is C10H11ClF2N2O3. The van der Waals surface area contributed by atoms with Gasteiger partial charge in [0.15, 0.2) is 0 Å². The topological polar surface area (TPSA) is 64.3 Å². The number of aliphatic hydroxyl groups is 1. The van der Waals surface area contributed by atoms with Crippen molar-refractivity contribution < 1.29 is 18.6 Å². The molecular weight excluding hydrogens is 270 g/mol. The third kappa shape index (κ3) is 2.02. The number of alkyl halides is 3. The van der Waals surface area contributed by atoms with Crippen LogP contribution in [-0.4, -0.2) is 38.7 Å². The molecule has 1 aliphatic heterocycles. The molecule has 0 bridgehead atoms. The van der Waals surface area contributed by atoms with Crippen molar-refractivity contribution in [2.75, 3.05) is 5.88 Å². The summed E-state index contributed by atoms with van der Waals surface area (Å²) in [7, 11) is 0. The Hall–Kier alpha value is -1.05. The Morgan fingerprint density at radius 3 is 2.83 bits per heavy atom. The van der Waals surface area contributed by atoms with Crippen molar-refractivity contribution in [2.24, 2.45) is 0 Å². The second-order valence-electron chi connectivity index (χ2n) is 4.06. The fourth-order valence-corrected chi connectivity index (χ4v) is 2.01. The van der Waals surface area contributed by atoms with E-state index in [9.17, 15) is 18.7 Å². The summed E-state index contributed by atoms with van der Waals surface area (Å²) in [4.78, 5) is 15.1.